The number of hydrogen-bond acceptors (Lipinski definition) is 2. The molecule has 2 nitrogen and oxygen atoms in total. The predicted octanol–water partition coefficient (Wildman–Crippen LogP) is 2.72. The van der Waals surface area contributed by atoms with Crippen molar-refractivity contribution in [2.45, 2.75) is 19.4 Å². The molecule has 2 aromatic rings. The van der Waals surface area contributed by atoms with Gasteiger partial charge in [0.2, 0.25) is 0 Å². The lowest BCUT2D eigenvalue weighted by atomic mass is 10.1. The molecule has 2 rings (SSSR count). The van der Waals surface area contributed by atoms with Gasteiger partial charge in [0.1, 0.15) is 5.58 Å². The van der Waals surface area contributed by atoms with E-state index in [4.69, 9.17) is 4.42 Å². The molecule has 1 heterocycles. The maximum Gasteiger partial charge on any atom is 0.278 e. The van der Waals surface area contributed by atoms with Crippen LogP contribution in [0.1, 0.15) is 12.5 Å². The van der Waals surface area contributed by atoms with Crippen molar-refractivity contribution < 1.29 is 8.81 Å². The minimum atomic E-state index is -0.524. The summed E-state index contributed by atoms with van der Waals surface area (Å²) >= 11 is 0. The lowest BCUT2D eigenvalue weighted by Gasteiger charge is -2.09. The molecule has 0 spiro atoms. The van der Waals surface area contributed by atoms with E-state index in [1.165, 1.54) is 6.07 Å². The molecule has 1 atom stereocenters. The van der Waals surface area contributed by atoms with Crippen LogP contribution in [-0.4, -0.2) is 13.1 Å². The first-order chi connectivity index (χ1) is 7.19. The third-order valence-electron chi connectivity index (χ3n) is 2.59. The van der Waals surface area contributed by atoms with Crippen LogP contribution in [0.3, 0.4) is 0 Å². The molecule has 0 saturated carbocycles. The number of hydrogen-bond donors (Lipinski definition) is 1. The van der Waals surface area contributed by atoms with Crippen molar-refractivity contribution in [1.82, 2.24) is 5.32 Å². The second-order valence-corrected chi connectivity index (χ2v) is 3.82. The fourth-order valence-electron chi connectivity index (χ4n) is 1.63. The van der Waals surface area contributed by atoms with E-state index in [-0.39, 0.29) is 0 Å². The van der Waals surface area contributed by atoms with E-state index >= 15 is 0 Å². The zero-order valence-electron chi connectivity index (χ0n) is 8.88. The van der Waals surface area contributed by atoms with Crippen molar-refractivity contribution in [3.8, 4) is 0 Å². The molecule has 1 N–H and O–H groups in total. The zero-order valence-corrected chi connectivity index (χ0v) is 8.88. The van der Waals surface area contributed by atoms with Gasteiger partial charge in [-0.15, -0.1) is 0 Å². The zero-order chi connectivity index (χ0) is 10.8. The Hall–Kier alpha value is -1.35. The molecule has 0 aliphatic heterocycles. The molecule has 0 fully saturated rings. The number of likely N-dealkylation sites (N-methyl/N-ethyl adjacent to an activating group) is 1. The smallest absolute Gasteiger partial charge is 0.278 e. The minimum absolute atomic E-state index is 0.405. The fraction of sp³-hybridized carbons (Fsp3) is 0.333. The van der Waals surface area contributed by atoms with Crippen LogP contribution in [-0.2, 0) is 6.42 Å². The molecule has 1 aromatic carbocycles. The first-order valence-electron chi connectivity index (χ1n) is 5.04. The molecule has 0 saturated heterocycles. The Bertz CT molecular complexity index is 464. The summed E-state index contributed by atoms with van der Waals surface area (Å²) in [6.07, 6.45) is 0.911. The molecule has 0 amide bonds. The summed E-state index contributed by atoms with van der Waals surface area (Å²) in [4.78, 5) is 0. The molecule has 0 radical (unpaired) electrons. The maximum atomic E-state index is 12.8. The van der Waals surface area contributed by atoms with Gasteiger partial charge >= 0.3 is 0 Å². The molecule has 3 heteroatoms. The fourth-order valence-corrected chi connectivity index (χ4v) is 1.63. The average Bonchev–Trinajstić information content (AvgIpc) is 2.57. The van der Waals surface area contributed by atoms with Crippen molar-refractivity contribution in [2.24, 2.45) is 0 Å². The molecule has 80 valence electrons. The van der Waals surface area contributed by atoms with E-state index in [1.807, 2.05) is 25.2 Å². The summed E-state index contributed by atoms with van der Waals surface area (Å²) in [7, 11) is 1.93. The topological polar surface area (TPSA) is 25.2 Å². The molecule has 0 unspecified atom stereocenters. The highest BCUT2D eigenvalue weighted by atomic mass is 19.1. The van der Waals surface area contributed by atoms with Gasteiger partial charge in [-0.05, 0) is 32.0 Å². The summed E-state index contributed by atoms with van der Waals surface area (Å²) in [5, 5.41) is 3.98. The van der Waals surface area contributed by atoms with Crippen LogP contribution in [0, 0.1) is 6.01 Å². The van der Waals surface area contributed by atoms with Gasteiger partial charge in [-0.25, -0.2) is 0 Å². The van der Waals surface area contributed by atoms with Gasteiger partial charge in [0, 0.05) is 17.5 Å². The Balaban J connectivity index is 2.30. The van der Waals surface area contributed by atoms with Gasteiger partial charge in [-0.3, -0.25) is 0 Å². The summed E-state index contributed by atoms with van der Waals surface area (Å²) in [5.41, 5.74) is 1.77. The normalized spacial score (nSPS) is 13.3. The largest absolute Gasteiger partial charge is 0.431 e. The van der Waals surface area contributed by atoms with Crippen LogP contribution in [0.15, 0.2) is 28.7 Å². The SMILES string of the molecule is CN[C@H](C)Cc1ccc2cc(F)oc2c1. The number of nitrogens with one attached hydrogen (secondary N) is 1. The lowest BCUT2D eigenvalue weighted by molar-refractivity contribution is 0.381. The molecule has 0 aliphatic carbocycles. The number of fused-ring (bicyclic) bond motifs is 1. The predicted molar refractivity (Wildman–Crippen MR) is 58.4 cm³/mol. The number of benzene rings is 1. The van der Waals surface area contributed by atoms with Crippen LogP contribution < -0.4 is 5.32 Å². The minimum Gasteiger partial charge on any atom is -0.431 e. The summed E-state index contributed by atoms with van der Waals surface area (Å²) in [6, 6.07) is 7.07. The Kier molecular flexibility index (Phi) is 2.73. The third-order valence-corrected chi connectivity index (χ3v) is 2.59. The van der Waals surface area contributed by atoms with E-state index < -0.39 is 6.01 Å². The second kappa shape index (κ2) is 4.03. The van der Waals surface area contributed by atoms with Crippen molar-refractivity contribution >= 4 is 11.0 Å². The highest BCUT2D eigenvalue weighted by Crippen LogP contribution is 2.20. The Morgan fingerprint density at radius 1 is 1.40 bits per heavy atom. The van der Waals surface area contributed by atoms with E-state index in [2.05, 4.69) is 12.2 Å². The standard InChI is InChI=1S/C12H14FNO/c1-8(14-2)5-9-3-4-10-7-12(13)15-11(10)6-9/h3-4,6-8,14H,5H2,1-2H3/t8-/m1/s1. The van der Waals surface area contributed by atoms with Crippen LogP contribution in [0.2, 0.25) is 0 Å². The lowest BCUT2D eigenvalue weighted by Crippen LogP contribution is -2.23. The quantitative estimate of drug-likeness (QED) is 0.837. The third kappa shape index (κ3) is 2.18. The van der Waals surface area contributed by atoms with Crippen molar-refractivity contribution in [3.63, 3.8) is 0 Å². The van der Waals surface area contributed by atoms with Crippen LogP contribution in [0.4, 0.5) is 4.39 Å². The molecule has 0 aliphatic rings. The number of rotatable bonds is 3. The van der Waals surface area contributed by atoms with E-state index in [9.17, 15) is 4.39 Å². The Labute approximate surface area is 88.1 Å². The van der Waals surface area contributed by atoms with Crippen molar-refractivity contribution in [1.29, 1.82) is 0 Å². The first-order valence-corrected chi connectivity index (χ1v) is 5.04. The van der Waals surface area contributed by atoms with Gasteiger partial charge in [-0.2, -0.15) is 4.39 Å². The summed E-state index contributed by atoms with van der Waals surface area (Å²) in [6.45, 7) is 2.10. The number of furan rings is 1. The van der Waals surface area contributed by atoms with Gasteiger partial charge in [-0.1, -0.05) is 12.1 Å². The first kappa shape index (κ1) is 10.2. The summed E-state index contributed by atoms with van der Waals surface area (Å²) < 4.78 is 17.7. The van der Waals surface area contributed by atoms with Crippen molar-refractivity contribution in [2.75, 3.05) is 7.05 Å². The molecular formula is C12H14FNO. The Morgan fingerprint density at radius 3 is 2.93 bits per heavy atom. The summed E-state index contributed by atoms with van der Waals surface area (Å²) in [5.74, 6) is 0. The van der Waals surface area contributed by atoms with Gasteiger partial charge < -0.3 is 9.73 Å². The number of halogens is 1. The van der Waals surface area contributed by atoms with E-state index in [0.29, 0.717) is 11.6 Å². The van der Waals surface area contributed by atoms with Crippen molar-refractivity contribution in [3.05, 3.63) is 35.8 Å². The highest BCUT2D eigenvalue weighted by Gasteiger charge is 2.05. The second-order valence-electron chi connectivity index (χ2n) is 3.82. The molecular weight excluding hydrogens is 193 g/mol. The maximum absolute atomic E-state index is 12.8. The highest BCUT2D eigenvalue weighted by molar-refractivity contribution is 5.77. The van der Waals surface area contributed by atoms with Crippen LogP contribution >= 0.6 is 0 Å². The molecule has 0 bridgehead atoms. The molecule has 15 heavy (non-hydrogen) atoms. The van der Waals surface area contributed by atoms with E-state index in [0.717, 1.165) is 17.4 Å². The van der Waals surface area contributed by atoms with Gasteiger partial charge in [0.25, 0.3) is 6.01 Å². The Morgan fingerprint density at radius 2 is 2.20 bits per heavy atom. The van der Waals surface area contributed by atoms with Crippen LogP contribution in [0.5, 0.6) is 0 Å². The molecule has 1 aromatic heterocycles. The van der Waals surface area contributed by atoms with Crippen LogP contribution in [0.25, 0.3) is 11.0 Å². The monoisotopic (exact) mass is 207 g/mol. The van der Waals surface area contributed by atoms with E-state index in [1.54, 1.807) is 0 Å². The average molecular weight is 207 g/mol. The van der Waals surface area contributed by atoms with Gasteiger partial charge in [0.05, 0.1) is 0 Å². The van der Waals surface area contributed by atoms with Gasteiger partial charge in [0.15, 0.2) is 0 Å².